The molecule has 2 aromatic heterocycles. The lowest BCUT2D eigenvalue weighted by atomic mass is 10.2. The first-order valence-corrected chi connectivity index (χ1v) is 6.48. The summed E-state index contributed by atoms with van der Waals surface area (Å²) in [6, 6.07) is 9.47. The van der Waals surface area contributed by atoms with Crippen molar-refractivity contribution in [3.05, 3.63) is 57.7 Å². The Hall–Kier alpha value is -2.45. The van der Waals surface area contributed by atoms with Crippen LogP contribution in [0.5, 0.6) is 0 Å². The van der Waals surface area contributed by atoms with Gasteiger partial charge in [-0.25, -0.2) is 9.83 Å². The molecule has 2 heterocycles. The number of benzene rings is 1. The van der Waals surface area contributed by atoms with E-state index in [2.05, 4.69) is 14.8 Å². The van der Waals surface area contributed by atoms with Gasteiger partial charge in [-0.1, -0.05) is 30.3 Å². The molecule has 3 rings (SSSR count). The molecule has 4 nitrogen and oxygen atoms in total. The monoisotopic (exact) mass is 267 g/mol. The average molecular weight is 267 g/mol. The van der Waals surface area contributed by atoms with Crippen molar-refractivity contribution in [2.75, 3.05) is 0 Å². The third-order valence-corrected chi connectivity index (χ3v) is 4.00. The highest BCUT2D eigenvalue weighted by Crippen LogP contribution is 2.34. The van der Waals surface area contributed by atoms with Gasteiger partial charge < -0.3 is 4.98 Å². The molecule has 3 aromatic rings. The maximum Gasteiger partial charge on any atom is 0.258 e. The fourth-order valence-corrected chi connectivity index (χ4v) is 2.94. The van der Waals surface area contributed by atoms with Gasteiger partial charge in [0.2, 0.25) is 5.00 Å². The summed E-state index contributed by atoms with van der Waals surface area (Å²) in [6.07, 6.45) is 0. The fraction of sp³-hybridized carbons (Fsp3) is 0.0714. The molecule has 0 saturated heterocycles. The molecular weight excluding hydrogens is 258 g/mol. The highest BCUT2D eigenvalue weighted by atomic mass is 32.1. The number of H-pyrrole nitrogens is 1. The van der Waals surface area contributed by atoms with Crippen molar-refractivity contribution in [2.45, 2.75) is 6.92 Å². The largest absolute Gasteiger partial charge is 0.306 e. The quantitative estimate of drug-likeness (QED) is 0.686. The molecule has 19 heavy (non-hydrogen) atoms. The molecule has 0 amide bonds. The second kappa shape index (κ2) is 4.34. The van der Waals surface area contributed by atoms with Gasteiger partial charge in [-0.15, -0.1) is 11.3 Å². The number of aryl methyl sites for hydroxylation is 1. The van der Waals surface area contributed by atoms with Crippen molar-refractivity contribution < 1.29 is 0 Å². The lowest BCUT2D eigenvalue weighted by molar-refractivity contribution is 1.18. The van der Waals surface area contributed by atoms with Crippen molar-refractivity contribution in [2.24, 2.45) is 0 Å². The summed E-state index contributed by atoms with van der Waals surface area (Å²) in [5, 5.41) is 1.05. The molecule has 1 aromatic carbocycles. The van der Waals surface area contributed by atoms with Crippen LogP contribution in [-0.4, -0.2) is 9.97 Å². The number of aromatic amines is 1. The van der Waals surface area contributed by atoms with Crippen molar-refractivity contribution in [3.8, 4) is 11.4 Å². The maximum absolute atomic E-state index is 12.1. The zero-order chi connectivity index (χ0) is 13.4. The normalized spacial score (nSPS) is 10.5. The topological polar surface area (TPSA) is 50.1 Å². The molecular formula is C14H9N3OS. The summed E-state index contributed by atoms with van der Waals surface area (Å²) in [4.78, 5) is 23.4. The van der Waals surface area contributed by atoms with Crippen molar-refractivity contribution in [1.82, 2.24) is 9.97 Å². The van der Waals surface area contributed by atoms with Gasteiger partial charge in [0.25, 0.3) is 5.56 Å². The van der Waals surface area contributed by atoms with Crippen LogP contribution in [-0.2, 0) is 0 Å². The van der Waals surface area contributed by atoms with Gasteiger partial charge >= 0.3 is 0 Å². The van der Waals surface area contributed by atoms with Gasteiger partial charge in [0.1, 0.15) is 10.7 Å². The average Bonchev–Trinajstić information content (AvgIpc) is 2.76. The van der Waals surface area contributed by atoms with Gasteiger partial charge in [-0.05, 0) is 12.5 Å². The van der Waals surface area contributed by atoms with Crippen LogP contribution < -0.4 is 5.56 Å². The number of nitrogens with one attached hydrogen (secondary N) is 1. The van der Waals surface area contributed by atoms with E-state index in [1.165, 1.54) is 11.3 Å². The summed E-state index contributed by atoms with van der Waals surface area (Å²) in [5.74, 6) is 0.538. The van der Waals surface area contributed by atoms with Crippen LogP contribution in [0.25, 0.3) is 26.4 Å². The van der Waals surface area contributed by atoms with Gasteiger partial charge in [0.05, 0.1) is 12.0 Å². The Labute approximate surface area is 113 Å². The molecule has 0 saturated carbocycles. The maximum atomic E-state index is 12.1. The molecule has 5 heteroatoms. The molecule has 0 aliphatic rings. The minimum Gasteiger partial charge on any atom is -0.306 e. The summed E-state index contributed by atoms with van der Waals surface area (Å²) in [6.45, 7) is 8.88. The number of hydrogen-bond donors (Lipinski definition) is 1. The Kier molecular flexibility index (Phi) is 2.65. The van der Waals surface area contributed by atoms with E-state index in [1.807, 2.05) is 30.3 Å². The molecule has 0 aliphatic carbocycles. The standard InChI is InChI=1S/C14H9N3OS/c1-8-10-12(18)16-11(9-6-4-3-5-7-9)17-14(10)19-13(8)15-2/h3-7H,1H3,(H,16,17,18). The smallest absolute Gasteiger partial charge is 0.258 e. The number of hydrogen-bond acceptors (Lipinski definition) is 3. The van der Waals surface area contributed by atoms with E-state index in [9.17, 15) is 4.79 Å². The molecule has 0 atom stereocenters. The highest BCUT2D eigenvalue weighted by Gasteiger charge is 2.14. The molecule has 92 valence electrons. The molecule has 0 bridgehead atoms. The van der Waals surface area contributed by atoms with Gasteiger partial charge in [-0.2, -0.15) is 0 Å². The Balaban J connectivity index is 2.33. The van der Waals surface area contributed by atoms with Crippen LogP contribution in [0.1, 0.15) is 5.56 Å². The predicted molar refractivity (Wildman–Crippen MR) is 76.7 cm³/mol. The molecule has 0 aliphatic heterocycles. The van der Waals surface area contributed by atoms with E-state index < -0.39 is 0 Å². The van der Waals surface area contributed by atoms with E-state index in [1.54, 1.807) is 6.92 Å². The van der Waals surface area contributed by atoms with Gasteiger partial charge in [0, 0.05) is 5.56 Å². The van der Waals surface area contributed by atoms with E-state index in [0.717, 1.165) is 5.56 Å². The minimum atomic E-state index is -0.187. The lowest BCUT2D eigenvalue weighted by Gasteiger charge is -2.00. The summed E-state index contributed by atoms with van der Waals surface area (Å²) < 4.78 is 0. The molecule has 0 unspecified atom stereocenters. The van der Waals surface area contributed by atoms with Crippen LogP contribution in [0.3, 0.4) is 0 Å². The predicted octanol–water partition coefficient (Wildman–Crippen LogP) is 3.51. The van der Waals surface area contributed by atoms with Crippen LogP contribution in [0.2, 0.25) is 0 Å². The van der Waals surface area contributed by atoms with Crippen LogP contribution in [0, 0.1) is 13.5 Å². The first-order chi connectivity index (χ1) is 9.20. The molecule has 0 radical (unpaired) electrons. The second-order valence-electron chi connectivity index (χ2n) is 4.10. The van der Waals surface area contributed by atoms with E-state index in [0.29, 0.717) is 26.6 Å². The molecule has 0 spiro atoms. The summed E-state index contributed by atoms with van der Waals surface area (Å²) >= 11 is 1.26. The van der Waals surface area contributed by atoms with Crippen molar-refractivity contribution in [3.63, 3.8) is 0 Å². The number of fused-ring (bicyclic) bond motifs is 1. The van der Waals surface area contributed by atoms with E-state index in [4.69, 9.17) is 6.57 Å². The lowest BCUT2D eigenvalue weighted by Crippen LogP contribution is -2.08. The second-order valence-corrected chi connectivity index (χ2v) is 5.08. The Morgan fingerprint density at radius 2 is 2.05 bits per heavy atom. The van der Waals surface area contributed by atoms with Crippen LogP contribution >= 0.6 is 11.3 Å². The number of thiophene rings is 1. The van der Waals surface area contributed by atoms with Crippen molar-refractivity contribution >= 4 is 26.6 Å². The molecule has 1 N–H and O–H groups in total. The number of aromatic nitrogens is 2. The SMILES string of the molecule is [C-]#[N+]c1sc2nc(-c3ccccc3)[nH]c(=O)c2c1C. The summed E-state index contributed by atoms with van der Waals surface area (Å²) in [5.41, 5.74) is 1.38. The van der Waals surface area contributed by atoms with E-state index >= 15 is 0 Å². The van der Waals surface area contributed by atoms with Gasteiger partial charge in [0.15, 0.2) is 0 Å². The van der Waals surface area contributed by atoms with Gasteiger partial charge in [-0.3, -0.25) is 4.79 Å². The third kappa shape index (κ3) is 1.83. The zero-order valence-electron chi connectivity index (χ0n) is 10.1. The first-order valence-electron chi connectivity index (χ1n) is 5.67. The Morgan fingerprint density at radius 1 is 1.32 bits per heavy atom. The third-order valence-electron chi connectivity index (χ3n) is 2.92. The van der Waals surface area contributed by atoms with Crippen LogP contribution in [0.15, 0.2) is 35.1 Å². The van der Waals surface area contributed by atoms with Crippen molar-refractivity contribution in [1.29, 1.82) is 0 Å². The number of nitrogens with zero attached hydrogens (tertiary/aromatic N) is 2. The Morgan fingerprint density at radius 3 is 2.74 bits per heavy atom. The fourth-order valence-electron chi connectivity index (χ4n) is 1.97. The molecule has 0 fully saturated rings. The van der Waals surface area contributed by atoms with E-state index in [-0.39, 0.29) is 5.56 Å². The highest BCUT2D eigenvalue weighted by molar-refractivity contribution is 7.22. The number of rotatable bonds is 1. The van der Waals surface area contributed by atoms with Crippen LogP contribution in [0.4, 0.5) is 5.00 Å². The minimum absolute atomic E-state index is 0.187. The Bertz CT molecular complexity index is 856. The summed E-state index contributed by atoms with van der Waals surface area (Å²) in [7, 11) is 0. The zero-order valence-corrected chi connectivity index (χ0v) is 10.9. The first kappa shape index (κ1) is 11.6.